The van der Waals surface area contributed by atoms with E-state index in [0.29, 0.717) is 12.3 Å². The number of carboxylic acid groups (broad SMARTS) is 1. The Labute approximate surface area is 83.6 Å². The predicted molar refractivity (Wildman–Crippen MR) is 51.1 cm³/mol. The first kappa shape index (κ1) is 9.93. The molecule has 2 heterocycles. The molecule has 0 radical (unpaired) electrons. The third-order valence-electron chi connectivity index (χ3n) is 3.36. The first-order chi connectivity index (χ1) is 6.70. The van der Waals surface area contributed by atoms with E-state index >= 15 is 0 Å². The molecule has 2 fully saturated rings. The molecule has 1 spiro atoms. The van der Waals surface area contributed by atoms with Gasteiger partial charge in [0.25, 0.3) is 0 Å². The van der Waals surface area contributed by atoms with Gasteiger partial charge in [0.05, 0.1) is 0 Å². The standard InChI is InChI=1S/C10H17NO3/c12-9(13)5-8-6-10(11-7-8)1-3-14-4-2-10/h8,11H,1-7H2,(H,12,13). The second-order valence-corrected chi connectivity index (χ2v) is 4.44. The number of carboxylic acids is 1. The molecule has 2 saturated heterocycles. The van der Waals surface area contributed by atoms with Gasteiger partial charge in [0.1, 0.15) is 0 Å². The number of ether oxygens (including phenoxy) is 1. The molecule has 0 aromatic carbocycles. The van der Waals surface area contributed by atoms with Crippen LogP contribution in [0.2, 0.25) is 0 Å². The van der Waals surface area contributed by atoms with E-state index in [2.05, 4.69) is 5.32 Å². The quantitative estimate of drug-likeness (QED) is 0.684. The molecule has 0 bridgehead atoms. The zero-order chi connectivity index (χ0) is 10.0. The van der Waals surface area contributed by atoms with Gasteiger partial charge in [-0.05, 0) is 31.7 Å². The third kappa shape index (κ3) is 2.07. The average molecular weight is 199 g/mol. The van der Waals surface area contributed by atoms with Crippen molar-refractivity contribution >= 4 is 5.97 Å². The van der Waals surface area contributed by atoms with Crippen LogP contribution < -0.4 is 5.32 Å². The van der Waals surface area contributed by atoms with Crippen molar-refractivity contribution in [1.29, 1.82) is 0 Å². The van der Waals surface area contributed by atoms with E-state index in [1.165, 1.54) is 0 Å². The molecule has 2 N–H and O–H groups in total. The van der Waals surface area contributed by atoms with Crippen LogP contribution in [0.15, 0.2) is 0 Å². The lowest BCUT2D eigenvalue weighted by Crippen LogP contribution is -2.44. The minimum absolute atomic E-state index is 0.193. The second-order valence-electron chi connectivity index (χ2n) is 4.44. The predicted octanol–water partition coefficient (Wildman–Crippen LogP) is 0.620. The van der Waals surface area contributed by atoms with Gasteiger partial charge in [-0.2, -0.15) is 0 Å². The fraction of sp³-hybridized carbons (Fsp3) is 0.900. The molecule has 0 aliphatic carbocycles. The summed E-state index contributed by atoms with van der Waals surface area (Å²) < 4.78 is 5.32. The van der Waals surface area contributed by atoms with Crippen molar-refractivity contribution < 1.29 is 14.6 Å². The summed E-state index contributed by atoms with van der Waals surface area (Å²) in [5.74, 6) is -0.369. The van der Waals surface area contributed by atoms with E-state index in [1.54, 1.807) is 0 Å². The van der Waals surface area contributed by atoms with Gasteiger partial charge in [0, 0.05) is 25.2 Å². The molecule has 0 aromatic heterocycles. The first-order valence-electron chi connectivity index (χ1n) is 5.25. The molecule has 14 heavy (non-hydrogen) atoms. The molecule has 80 valence electrons. The van der Waals surface area contributed by atoms with Crippen LogP contribution in [0, 0.1) is 5.92 Å². The lowest BCUT2D eigenvalue weighted by Gasteiger charge is -2.33. The molecular weight excluding hydrogens is 182 g/mol. The highest BCUT2D eigenvalue weighted by Crippen LogP contribution is 2.34. The van der Waals surface area contributed by atoms with E-state index in [4.69, 9.17) is 9.84 Å². The molecular formula is C10H17NO3. The van der Waals surface area contributed by atoms with Gasteiger partial charge < -0.3 is 15.2 Å². The molecule has 2 rings (SSSR count). The summed E-state index contributed by atoms with van der Waals surface area (Å²) in [6.07, 6.45) is 3.37. The maximum Gasteiger partial charge on any atom is 0.303 e. The fourth-order valence-electron chi connectivity index (χ4n) is 2.59. The molecule has 2 aliphatic heterocycles. The monoisotopic (exact) mass is 199 g/mol. The lowest BCUT2D eigenvalue weighted by atomic mass is 9.85. The Bertz CT molecular complexity index is 223. The summed E-state index contributed by atoms with van der Waals surface area (Å²) >= 11 is 0. The van der Waals surface area contributed by atoms with Crippen LogP contribution in [0.1, 0.15) is 25.7 Å². The van der Waals surface area contributed by atoms with Crippen molar-refractivity contribution in [2.45, 2.75) is 31.2 Å². The number of carbonyl (C=O) groups is 1. The number of rotatable bonds is 2. The van der Waals surface area contributed by atoms with E-state index in [-0.39, 0.29) is 5.54 Å². The highest BCUT2D eigenvalue weighted by Gasteiger charge is 2.40. The molecule has 0 amide bonds. The van der Waals surface area contributed by atoms with Gasteiger partial charge in [-0.1, -0.05) is 0 Å². The van der Waals surface area contributed by atoms with E-state index in [1.807, 2.05) is 0 Å². The normalized spacial score (nSPS) is 30.7. The lowest BCUT2D eigenvalue weighted by molar-refractivity contribution is -0.138. The molecule has 1 atom stereocenters. The highest BCUT2D eigenvalue weighted by atomic mass is 16.5. The Morgan fingerprint density at radius 3 is 2.86 bits per heavy atom. The number of nitrogens with one attached hydrogen (secondary N) is 1. The van der Waals surface area contributed by atoms with Crippen LogP contribution in [0.3, 0.4) is 0 Å². The molecule has 1 unspecified atom stereocenters. The summed E-state index contributed by atoms with van der Waals surface area (Å²) in [5, 5.41) is 12.2. The summed E-state index contributed by atoms with van der Waals surface area (Å²) in [7, 11) is 0. The zero-order valence-electron chi connectivity index (χ0n) is 8.29. The van der Waals surface area contributed by atoms with Crippen LogP contribution in [0.4, 0.5) is 0 Å². The molecule has 4 nitrogen and oxygen atoms in total. The number of hydrogen-bond acceptors (Lipinski definition) is 3. The van der Waals surface area contributed by atoms with Crippen LogP contribution in [-0.4, -0.2) is 36.4 Å². The van der Waals surface area contributed by atoms with Crippen LogP contribution >= 0.6 is 0 Å². The number of hydrogen-bond donors (Lipinski definition) is 2. The Balaban J connectivity index is 1.89. The Kier molecular flexibility index (Phi) is 2.74. The first-order valence-corrected chi connectivity index (χ1v) is 5.25. The minimum Gasteiger partial charge on any atom is -0.481 e. The molecule has 0 saturated carbocycles. The van der Waals surface area contributed by atoms with Crippen molar-refractivity contribution in [3.63, 3.8) is 0 Å². The third-order valence-corrected chi connectivity index (χ3v) is 3.36. The van der Waals surface area contributed by atoms with Crippen molar-refractivity contribution in [1.82, 2.24) is 5.32 Å². The zero-order valence-corrected chi connectivity index (χ0v) is 8.29. The number of aliphatic carboxylic acids is 1. The van der Waals surface area contributed by atoms with Crippen LogP contribution in [0.25, 0.3) is 0 Å². The summed E-state index contributed by atoms with van der Waals surface area (Å²) in [4.78, 5) is 10.6. The Morgan fingerprint density at radius 2 is 2.21 bits per heavy atom. The largest absolute Gasteiger partial charge is 0.481 e. The summed E-state index contributed by atoms with van der Waals surface area (Å²) in [6.45, 7) is 2.48. The van der Waals surface area contributed by atoms with Crippen molar-refractivity contribution in [2.24, 2.45) is 5.92 Å². The minimum atomic E-state index is -0.680. The average Bonchev–Trinajstić information content (AvgIpc) is 2.49. The van der Waals surface area contributed by atoms with Gasteiger partial charge in [-0.3, -0.25) is 4.79 Å². The summed E-state index contributed by atoms with van der Waals surface area (Å²) in [6, 6.07) is 0. The van der Waals surface area contributed by atoms with E-state index in [0.717, 1.165) is 39.0 Å². The fourth-order valence-corrected chi connectivity index (χ4v) is 2.59. The van der Waals surface area contributed by atoms with Gasteiger partial charge in [0.2, 0.25) is 0 Å². The van der Waals surface area contributed by atoms with Gasteiger partial charge in [-0.25, -0.2) is 0 Å². The van der Waals surface area contributed by atoms with Crippen LogP contribution in [-0.2, 0) is 9.53 Å². The van der Waals surface area contributed by atoms with Gasteiger partial charge in [-0.15, -0.1) is 0 Å². The highest BCUT2D eigenvalue weighted by molar-refractivity contribution is 5.67. The van der Waals surface area contributed by atoms with Gasteiger partial charge >= 0.3 is 5.97 Å². The Hall–Kier alpha value is -0.610. The maximum atomic E-state index is 10.6. The SMILES string of the molecule is O=C(O)CC1CNC2(CCOCC2)C1. The second kappa shape index (κ2) is 3.87. The van der Waals surface area contributed by atoms with Crippen molar-refractivity contribution in [3.05, 3.63) is 0 Å². The van der Waals surface area contributed by atoms with Gasteiger partial charge in [0.15, 0.2) is 0 Å². The smallest absolute Gasteiger partial charge is 0.303 e. The molecule has 4 heteroatoms. The maximum absolute atomic E-state index is 10.6. The topological polar surface area (TPSA) is 58.6 Å². The van der Waals surface area contributed by atoms with Crippen molar-refractivity contribution in [2.75, 3.05) is 19.8 Å². The molecule has 0 aromatic rings. The van der Waals surface area contributed by atoms with Crippen molar-refractivity contribution in [3.8, 4) is 0 Å². The van der Waals surface area contributed by atoms with E-state index in [9.17, 15) is 4.79 Å². The summed E-state index contributed by atoms with van der Waals surface area (Å²) in [5.41, 5.74) is 0.193. The van der Waals surface area contributed by atoms with Crippen LogP contribution in [0.5, 0.6) is 0 Å². The Morgan fingerprint density at radius 1 is 1.50 bits per heavy atom. The van der Waals surface area contributed by atoms with E-state index < -0.39 is 5.97 Å². The molecule has 2 aliphatic rings.